The maximum absolute atomic E-state index is 5.66. The Kier molecular flexibility index (Phi) is 6.69. The van der Waals surface area contributed by atoms with Crippen molar-refractivity contribution in [3.8, 4) is 5.75 Å². The maximum atomic E-state index is 5.66. The molecule has 2 heteroatoms. The summed E-state index contributed by atoms with van der Waals surface area (Å²) in [5, 5.41) is 0. The SMILES string of the molecule is CCCCOc1ccc(/C=C/c2ccc(CCC)cn2)cc1. The van der Waals surface area contributed by atoms with Gasteiger partial charge in [0.1, 0.15) is 5.75 Å². The molecule has 2 rings (SSSR count). The molecule has 0 bridgehead atoms. The van der Waals surface area contributed by atoms with Crippen LogP contribution < -0.4 is 4.74 Å². The summed E-state index contributed by atoms with van der Waals surface area (Å²) in [6.45, 7) is 5.14. The van der Waals surface area contributed by atoms with Gasteiger partial charge in [0.05, 0.1) is 12.3 Å². The summed E-state index contributed by atoms with van der Waals surface area (Å²) in [6, 6.07) is 12.4. The Labute approximate surface area is 133 Å². The first-order valence-corrected chi connectivity index (χ1v) is 8.17. The third-order valence-electron chi connectivity index (χ3n) is 3.48. The van der Waals surface area contributed by atoms with Gasteiger partial charge < -0.3 is 4.74 Å². The van der Waals surface area contributed by atoms with Crippen LogP contribution in [-0.2, 0) is 6.42 Å². The molecule has 0 aliphatic heterocycles. The molecule has 0 aliphatic rings. The fourth-order valence-electron chi connectivity index (χ4n) is 2.16. The van der Waals surface area contributed by atoms with Crippen molar-refractivity contribution < 1.29 is 4.74 Å². The number of aryl methyl sites for hydroxylation is 1. The topological polar surface area (TPSA) is 22.1 Å². The quantitative estimate of drug-likeness (QED) is 0.610. The Morgan fingerprint density at radius 1 is 0.955 bits per heavy atom. The molecule has 0 saturated heterocycles. The Morgan fingerprint density at radius 2 is 1.77 bits per heavy atom. The minimum absolute atomic E-state index is 0.791. The van der Waals surface area contributed by atoms with Crippen molar-refractivity contribution >= 4 is 12.2 Å². The van der Waals surface area contributed by atoms with Crippen molar-refractivity contribution in [3.63, 3.8) is 0 Å². The molecule has 0 amide bonds. The fraction of sp³-hybridized carbons (Fsp3) is 0.350. The van der Waals surface area contributed by atoms with Gasteiger partial charge in [-0.25, -0.2) is 0 Å². The Hall–Kier alpha value is -2.09. The standard InChI is InChI=1S/C20H25NO/c1-3-5-15-22-20-13-9-17(10-14-20)7-11-19-12-8-18(6-4-2)16-21-19/h7-14,16H,3-6,15H2,1-2H3/b11-7+. The molecule has 1 aromatic carbocycles. The lowest BCUT2D eigenvalue weighted by Crippen LogP contribution is -1.95. The van der Waals surface area contributed by atoms with Gasteiger partial charge in [-0.2, -0.15) is 0 Å². The molecule has 0 unspecified atom stereocenters. The second kappa shape index (κ2) is 9.04. The molecule has 0 radical (unpaired) electrons. The predicted molar refractivity (Wildman–Crippen MR) is 94.0 cm³/mol. The normalized spacial score (nSPS) is 11.0. The van der Waals surface area contributed by atoms with Crippen LogP contribution in [0.25, 0.3) is 12.2 Å². The molecule has 0 N–H and O–H groups in total. The monoisotopic (exact) mass is 295 g/mol. The van der Waals surface area contributed by atoms with Crippen LogP contribution in [0.3, 0.4) is 0 Å². The molecular formula is C20H25NO. The Bertz CT molecular complexity index is 570. The number of hydrogen-bond acceptors (Lipinski definition) is 2. The summed E-state index contributed by atoms with van der Waals surface area (Å²) >= 11 is 0. The molecule has 1 aromatic heterocycles. The fourth-order valence-corrected chi connectivity index (χ4v) is 2.16. The number of unbranched alkanes of at least 4 members (excludes halogenated alkanes) is 1. The van der Waals surface area contributed by atoms with E-state index < -0.39 is 0 Å². The highest BCUT2D eigenvalue weighted by molar-refractivity contribution is 5.68. The molecule has 2 nitrogen and oxygen atoms in total. The zero-order chi connectivity index (χ0) is 15.6. The minimum atomic E-state index is 0.791. The van der Waals surface area contributed by atoms with E-state index in [0.29, 0.717) is 0 Å². The molecule has 0 atom stereocenters. The molecule has 22 heavy (non-hydrogen) atoms. The first-order chi connectivity index (χ1) is 10.8. The zero-order valence-corrected chi connectivity index (χ0v) is 13.6. The van der Waals surface area contributed by atoms with E-state index in [2.05, 4.69) is 49.2 Å². The number of aromatic nitrogens is 1. The largest absolute Gasteiger partial charge is 0.494 e. The van der Waals surface area contributed by atoms with Crippen LogP contribution in [-0.4, -0.2) is 11.6 Å². The van der Waals surface area contributed by atoms with Gasteiger partial charge in [-0.05, 0) is 48.2 Å². The van der Waals surface area contributed by atoms with E-state index >= 15 is 0 Å². The van der Waals surface area contributed by atoms with Crippen LogP contribution >= 0.6 is 0 Å². The van der Waals surface area contributed by atoms with E-state index in [-0.39, 0.29) is 0 Å². The number of rotatable bonds is 8. The van der Waals surface area contributed by atoms with Crippen molar-refractivity contribution in [3.05, 3.63) is 59.4 Å². The lowest BCUT2D eigenvalue weighted by molar-refractivity contribution is 0.309. The van der Waals surface area contributed by atoms with E-state index in [0.717, 1.165) is 49.3 Å². The smallest absolute Gasteiger partial charge is 0.119 e. The highest BCUT2D eigenvalue weighted by Gasteiger charge is 1.95. The highest BCUT2D eigenvalue weighted by atomic mass is 16.5. The van der Waals surface area contributed by atoms with E-state index in [1.54, 1.807) is 0 Å². The molecule has 116 valence electrons. The van der Waals surface area contributed by atoms with Crippen molar-refractivity contribution in [1.82, 2.24) is 4.98 Å². The number of ether oxygens (including phenoxy) is 1. The van der Waals surface area contributed by atoms with Gasteiger partial charge in [-0.1, -0.05) is 51.0 Å². The van der Waals surface area contributed by atoms with Crippen LogP contribution in [0, 0.1) is 0 Å². The van der Waals surface area contributed by atoms with Crippen LogP contribution in [0.5, 0.6) is 5.75 Å². The number of hydrogen-bond donors (Lipinski definition) is 0. The van der Waals surface area contributed by atoms with Crippen molar-refractivity contribution in [2.45, 2.75) is 39.5 Å². The van der Waals surface area contributed by atoms with Gasteiger partial charge in [0.2, 0.25) is 0 Å². The van der Waals surface area contributed by atoms with Gasteiger partial charge in [0, 0.05) is 6.20 Å². The van der Waals surface area contributed by atoms with Crippen molar-refractivity contribution in [2.24, 2.45) is 0 Å². The minimum Gasteiger partial charge on any atom is -0.494 e. The predicted octanol–water partition coefficient (Wildman–Crippen LogP) is 5.38. The van der Waals surface area contributed by atoms with Gasteiger partial charge in [-0.3, -0.25) is 4.98 Å². The van der Waals surface area contributed by atoms with Crippen LogP contribution in [0.1, 0.15) is 49.9 Å². The van der Waals surface area contributed by atoms with E-state index in [1.807, 2.05) is 24.4 Å². The van der Waals surface area contributed by atoms with Gasteiger partial charge in [0.15, 0.2) is 0 Å². The maximum Gasteiger partial charge on any atom is 0.119 e. The van der Waals surface area contributed by atoms with Crippen molar-refractivity contribution in [2.75, 3.05) is 6.61 Å². The lowest BCUT2D eigenvalue weighted by atomic mass is 10.1. The number of benzene rings is 1. The average molecular weight is 295 g/mol. The molecule has 2 aromatic rings. The summed E-state index contributed by atoms with van der Waals surface area (Å²) in [7, 11) is 0. The average Bonchev–Trinajstić information content (AvgIpc) is 2.56. The number of nitrogens with zero attached hydrogens (tertiary/aromatic N) is 1. The summed E-state index contributed by atoms with van der Waals surface area (Å²) < 4.78 is 5.66. The van der Waals surface area contributed by atoms with Gasteiger partial charge >= 0.3 is 0 Å². The summed E-state index contributed by atoms with van der Waals surface area (Å²) in [4.78, 5) is 4.47. The van der Waals surface area contributed by atoms with Crippen LogP contribution in [0.2, 0.25) is 0 Å². The summed E-state index contributed by atoms with van der Waals surface area (Å²) in [5.74, 6) is 0.938. The van der Waals surface area contributed by atoms with Crippen LogP contribution in [0.4, 0.5) is 0 Å². The van der Waals surface area contributed by atoms with E-state index in [1.165, 1.54) is 5.56 Å². The van der Waals surface area contributed by atoms with E-state index in [9.17, 15) is 0 Å². The first kappa shape index (κ1) is 16.3. The molecule has 0 saturated carbocycles. The highest BCUT2D eigenvalue weighted by Crippen LogP contribution is 2.15. The second-order valence-electron chi connectivity index (χ2n) is 5.45. The Balaban J connectivity index is 1.92. The molecule has 0 spiro atoms. The summed E-state index contributed by atoms with van der Waals surface area (Å²) in [6.07, 6.45) is 10.6. The third kappa shape index (κ3) is 5.36. The zero-order valence-electron chi connectivity index (χ0n) is 13.6. The molecule has 0 aliphatic carbocycles. The van der Waals surface area contributed by atoms with E-state index in [4.69, 9.17) is 4.74 Å². The van der Waals surface area contributed by atoms with Crippen LogP contribution in [0.15, 0.2) is 42.6 Å². The molecule has 1 heterocycles. The number of pyridine rings is 1. The first-order valence-electron chi connectivity index (χ1n) is 8.17. The van der Waals surface area contributed by atoms with Gasteiger partial charge in [0.25, 0.3) is 0 Å². The summed E-state index contributed by atoms with van der Waals surface area (Å²) in [5.41, 5.74) is 3.44. The molecular weight excluding hydrogens is 270 g/mol. The van der Waals surface area contributed by atoms with Gasteiger partial charge in [-0.15, -0.1) is 0 Å². The Morgan fingerprint density at radius 3 is 2.41 bits per heavy atom. The lowest BCUT2D eigenvalue weighted by Gasteiger charge is -2.05. The third-order valence-corrected chi connectivity index (χ3v) is 3.48. The molecule has 0 fully saturated rings. The van der Waals surface area contributed by atoms with Crippen molar-refractivity contribution in [1.29, 1.82) is 0 Å². The second-order valence-corrected chi connectivity index (χ2v) is 5.45.